The monoisotopic (exact) mass is 433 g/mol. The zero-order chi connectivity index (χ0) is 21.1. The molecule has 30 heavy (non-hydrogen) atoms. The zero-order valence-electron chi connectivity index (χ0n) is 17.4. The van der Waals surface area contributed by atoms with Gasteiger partial charge in [0.2, 0.25) is 21.8 Å². The fraction of sp³-hybridized carbons (Fsp3) is 0.636. The summed E-state index contributed by atoms with van der Waals surface area (Å²) in [6.45, 7) is 2.40. The van der Waals surface area contributed by atoms with Crippen molar-refractivity contribution < 1.29 is 18.0 Å². The van der Waals surface area contributed by atoms with E-state index >= 15 is 0 Å². The number of hydrogen-bond acceptors (Lipinski definition) is 4. The molecular weight excluding hydrogens is 402 g/mol. The van der Waals surface area contributed by atoms with Gasteiger partial charge < -0.3 is 9.80 Å². The molecule has 1 saturated carbocycles. The van der Waals surface area contributed by atoms with Crippen molar-refractivity contribution in [2.75, 3.05) is 32.7 Å². The molecule has 1 aromatic carbocycles. The van der Waals surface area contributed by atoms with Crippen molar-refractivity contribution >= 4 is 21.8 Å². The van der Waals surface area contributed by atoms with Crippen molar-refractivity contribution in [2.24, 2.45) is 5.92 Å². The first kappa shape index (κ1) is 21.3. The summed E-state index contributed by atoms with van der Waals surface area (Å²) in [5.74, 6) is 0.588. The van der Waals surface area contributed by atoms with E-state index < -0.39 is 16.1 Å². The van der Waals surface area contributed by atoms with Gasteiger partial charge in [-0.25, -0.2) is 8.42 Å². The van der Waals surface area contributed by atoms with Crippen LogP contribution in [-0.4, -0.2) is 73.1 Å². The molecule has 4 rings (SSSR count). The van der Waals surface area contributed by atoms with Crippen LogP contribution in [0.25, 0.3) is 0 Å². The summed E-state index contributed by atoms with van der Waals surface area (Å²) in [5.41, 5.74) is 0. The number of nitrogens with zero attached hydrogens (tertiary/aromatic N) is 3. The quantitative estimate of drug-likeness (QED) is 0.712. The highest BCUT2D eigenvalue weighted by molar-refractivity contribution is 7.89. The van der Waals surface area contributed by atoms with Crippen LogP contribution in [0.2, 0.25) is 0 Å². The Labute approximate surface area is 179 Å². The van der Waals surface area contributed by atoms with Gasteiger partial charge in [0.05, 0.1) is 4.90 Å². The maximum absolute atomic E-state index is 13.2. The van der Waals surface area contributed by atoms with Crippen molar-refractivity contribution in [3.8, 4) is 0 Å². The van der Waals surface area contributed by atoms with Crippen molar-refractivity contribution in [3.05, 3.63) is 30.3 Å². The molecule has 1 aromatic rings. The molecule has 0 spiro atoms. The number of amides is 2. The molecule has 3 fully saturated rings. The molecular formula is C22H31N3O4S. The van der Waals surface area contributed by atoms with Crippen LogP contribution in [0.3, 0.4) is 0 Å². The molecule has 7 nitrogen and oxygen atoms in total. The van der Waals surface area contributed by atoms with Crippen molar-refractivity contribution in [3.63, 3.8) is 0 Å². The Morgan fingerprint density at radius 1 is 0.833 bits per heavy atom. The first-order valence-corrected chi connectivity index (χ1v) is 12.5. The van der Waals surface area contributed by atoms with E-state index in [4.69, 9.17) is 0 Å². The third kappa shape index (κ3) is 4.39. The zero-order valence-corrected chi connectivity index (χ0v) is 18.2. The molecule has 3 aliphatic rings. The lowest BCUT2D eigenvalue weighted by Crippen LogP contribution is -2.55. The lowest BCUT2D eigenvalue weighted by Gasteiger charge is -2.37. The van der Waals surface area contributed by atoms with E-state index in [0.717, 1.165) is 12.8 Å². The standard InChI is InChI=1S/C22H31N3O4S/c26-21(17-18-7-4-5-8-18)23-13-15-24(16-14-23)22(27)20-11-6-12-25(20)30(28,29)19-9-2-1-3-10-19/h1-3,9-10,18,20H,4-8,11-17H2. The summed E-state index contributed by atoms with van der Waals surface area (Å²) in [5, 5.41) is 0. The van der Waals surface area contributed by atoms with Crippen LogP contribution in [0.1, 0.15) is 44.9 Å². The Morgan fingerprint density at radius 3 is 2.13 bits per heavy atom. The molecule has 1 unspecified atom stereocenters. The van der Waals surface area contributed by atoms with E-state index in [9.17, 15) is 18.0 Å². The van der Waals surface area contributed by atoms with Gasteiger partial charge in [-0.15, -0.1) is 0 Å². The van der Waals surface area contributed by atoms with Gasteiger partial charge in [0.15, 0.2) is 0 Å². The van der Waals surface area contributed by atoms with Crippen LogP contribution in [-0.2, 0) is 19.6 Å². The average molecular weight is 434 g/mol. The molecule has 1 aliphatic carbocycles. The second-order valence-corrected chi connectivity index (χ2v) is 10.5. The van der Waals surface area contributed by atoms with Crippen LogP contribution >= 0.6 is 0 Å². The molecule has 1 atom stereocenters. The largest absolute Gasteiger partial charge is 0.339 e. The molecule has 8 heteroatoms. The molecule has 164 valence electrons. The van der Waals surface area contributed by atoms with Gasteiger partial charge in [-0.05, 0) is 43.7 Å². The summed E-state index contributed by atoms with van der Waals surface area (Å²) >= 11 is 0. The molecule has 2 amide bonds. The predicted octanol–water partition coefficient (Wildman–Crippen LogP) is 2.09. The highest BCUT2D eigenvalue weighted by Crippen LogP contribution is 2.29. The molecule has 0 N–H and O–H groups in total. The highest BCUT2D eigenvalue weighted by atomic mass is 32.2. The number of benzene rings is 1. The van der Waals surface area contributed by atoms with Gasteiger partial charge in [0.25, 0.3) is 0 Å². The fourth-order valence-corrected chi connectivity index (χ4v) is 6.65. The number of hydrogen-bond donors (Lipinski definition) is 0. The summed E-state index contributed by atoms with van der Waals surface area (Å²) in [7, 11) is -3.69. The van der Waals surface area contributed by atoms with Crippen LogP contribution in [0.15, 0.2) is 35.2 Å². The second kappa shape index (κ2) is 9.06. The smallest absolute Gasteiger partial charge is 0.243 e. The van der Waals surface area contributed by atoms with Crippen LogP contribution in [0.4, 0.5) is 0 Å². The van der Waals surface area contributed by atoms with E-state index in [1.165, 1.54) is 17.1 Å². The first-order chi connectivity index (χ1) is 14.5. The molecule has 2 aliphatic heterocycles. The summed E-state index contributed by atoms with van der Waals surface area (Å²) < 4.78 is 27.4. The van der Waals surface area contributed by atoms with Crippen molar-refractivity contribution in [2.45, 2.75) is 55.9 Å². The second-order valence-electron chi connectivity index (χ2n) is 8.65. The normalized spacial score (nSPS) is 23.8. The van der Waals surface area contributed by atoms with E-state index in [0.29, 0.717) is 57.9 Å². The van der Waals surface area contributed by atoms with E-state index in [1.807, 2.05) is 4.90 Å². The molecule has 2 heterocycles. The third-order valence-corrected chi connectivity index (χ3v) is 8.64. The fourth-order valence-electron chi connectivity index (χ4n) is 4.98. The minimum absolute atomic E-state index is 0.130. The van der Waals surface area contributed by atoms with E-state index in [-0.39, 0.29) is 16.7 Å². The topological polar surface area (TPSA) is 78.0 Å². The molecule has 2 saturated heterocycles. The number of piperazine rings is 1. The lowest BCUT2D eigenvalue weighted by molar-refractivity contribution is -0.142. The highest BCUT2D eigenvalue weighted by Gasteiger charge is 2.41. The third-order valence-electron chi connectivity index (χ3n) is 6.72. The van der Waals surface area contributed by atoms with Gasteiger partial charge in [-0.2, -0.15) is 4.31 Å². The van der Waals surface area contributed by atoms with Gasteiger partial charge in [0, 0.05) is 39.1 Å². The Morgan fingerprint density at radius 2 is 1.47 bits per heavy atom. The molecule has 0 radical (unpaired) electrons. The van der Waals surface area contributed by atoms with Crippen LogP contribution in [0.5, 0.6) is 0 Å². The SMILES string of the molecule is O=C(CC1CCCC1)N1CCN(C(=O)C2CCCN2S(=O)(=O)c2ccccc2)CC1. The number of sulfonamides is 1. The summed E-state index contributed by atoms with van der Waals surface area (Å²) in [6.07, 6.45) is 6.61. The Hall–Kier alpha value is -1.93. The van der Waals surface area contributed by atoms with Gasteiger partial charge in [0.1, 0.15) is 6.04 Å². The Balaban J connectivity index is 1.36. The first-order valence-electron chi connectivity index (χ1n) is 11.1. The van der Waals surface area contributed by atoms with Gasteiger partial charge in [-0.3, -0.25) is 9.59 Å². The summed E-state index contributed by atoms with van der Waals surface area (Å²) in [6, 6.07) is 7.67. The van der Waals surface area contributed by atoms with Crippen LogP contribution in [0, 0.1) is 5.92 Å². The van der Waals surface area contributed by atoms with Crippen molar-refractivity contribution in [1.82, 2.24) is 14.1 Å². The van der Waals surface area contributed by atoms with E-state index in [1.54, 1.807) is 35.2 Å². The predicted molar refractivity (Wildman–Crippen MR) is 113 cm³/mol. The number of carbonyl (C=O) groups is 2. The molecule has 0 aromatic heterocycles. The minimum Gasteiger partial charge on any atom is -0.339 e. The Bertz CT molecular complexity index is 860. The van der Waals surface area contributed by atoms with Crippen molar-refractivity contribution in [1.29, 1.82) is 0 Å². The summed E-state index contributed by atoms with van der Waals surface area (Å²) in [4.78, 5) is 29.6. The van der Waals surface area contributed by atoms with Crippen LogP contribution < -0.4 is 0 Å². The van der Waals surface area contributed by atoms with Gasteiger partial charge in [-0.1, -0.05) is 31.0 Å². The average Bonchev–Trinajstić information content (AvgIpc) is 3.46. The minimum atomic E-state index is -3.69. The number of carbonyl (C=O) groups excluding carboxylic acids is 2. The van der Waals surface area contributed by atoms with E-state index in [2.05, 4.69) is 0 Å². The maximum atomic E-state index is 13.2. The Kier molecular flexibility index (Phi) is 6.43. The molecule has 0 bridgehead atoms. The number of rotatable bonds is 5. The lowest BCUT2D eigenvalue weighted by atomic mass is 10.0. The van der Waals surface area contributed by atoms with Gasteiger partial charge >= 0.3 is 0 Å². The maximum Gasteiger partial charge on any atom is 0.243 e.